The summed E-state index contributed by atoms with van der Waals surface area (Å²) >= 11 is 0. The Bertz CT molecular complexity index is 654. The van der Waals surface area contributed by atoms with Crippen molar-refractivity contribution in [1.82, 2.24) is 15.2 Å². The van der Waals surface area contributed by atoms with Gasteiger partial charge >= 0.3 is 0 Å². The van der Waals surface area contributed by atoms with Crippen LogP contribution in [0.3, 0.4) is 0 Å². The van der Waals surface area contributed by atoms with E-state index in [0.29, 0.717) is 5.95 Å². The second kappa shape index (κ2) is 5.75. The summed E-state index contributed by atoms with van der Waals surface area (Å²) in [6.45, 7) is 7.46. The van der Waals surface area contributed by atoms with Gasteiger partial charge in [-0.1, -0.05) is 6.82 Å². The molecule has 1 N–H and O–H groups in total. The normalized spacial score (nSPS) is 11.2. The van der Waals surface area contributed by atoms with Crippen LogP contribution in [0.2, 0.25) is 6.82 Å². The molecule has 104 valence electrons. The van der Waals surface area contributed by atoms with Crippen LogP contribution in [0.4, 0.5) is 11.6 Å². The summed E-state index contributed by atoms with van der Waals surface area (Å²) in [7, 11) is -1.39. The number of aromatic nitrogens is 3. The fourth-order valence-corrected chi connectivity index (χ4v) is 2.70. The van der Waals surface area contributed by atoms with Crippen LogP contribution in [0.15, 0.2) is 24.3 Å². The van der Waals surface area contributed by atoms with Gasteiger partial charge in [0.25, 0.3) is 0 Å². The topological polar surface area (TPSA) is 67.8 Å². The van der Waals surface area contributed by atoms with Crippen molar-refractivity contribution in [2.45, 2.75) is 13.7 Å². The Morgan fingerprint density at radius 1 is 1.15 bits per heavy atom. The number of aryl methyl sites for hydroxylation is 1. The number of nitrogens with one attached hydrogen (secondary N) is 1. The maximum absolute atomic E-state index is 12.0. The average Bonchev–Trinajstić information content (AvgIpc) is 2.40. The lowest BCUT2D eigenvalue weighted by Crippen LogP contribution is -2.23. The van der Waals surface area contributed by atoms with E-state index in [4.69, 9.17) is 0 Å². The molecule has 1 heterocycles. The highest BCUT2D eigenvalue weighted by Crippen LogP contribution is 2.34. The van der Waals surface area contributed by atoms with E-state index in [9.17, 15) is 4.57 Å². The van der Waals surface area contributed by atoms with Gasteiger partial charge in [-0.05, 0) is 44.5 Å². The molecule has 0 radical (unpaired) electrons. The summed E-state index contributed by atoms with van der Waals surface area (Å²) in [4.78, 5) is 4.42. The van der Waals surface area contributed by atoms with Gasteiger partial charge in [-0.3, -0.25) is 0 Å². The molecule has 0 saturated heterocycles. The summed E-state index contributed by atoms with van der Waals surface area (Å²) in [5.41, 5.74) is 2.65. The van der Waals surface area contributed by atoms with Crippen molar-refractivity contribution in [3.8, 4) is 0 Å². The molecule has 5 nitrogen and oxygen atoms in total. The van der Waals surface area contributed by atoms with Crippen molar-refractivity contribution in [2.24, 2.45) is 0 Å². The second-order valence-corrected chi connectivity index (χ2v) is 8.26. The van der Waals surface area contributed by atoms with Crippen LogP contribution in [0.5, 0.6) is 0 Å². The molecule has 1 aromatic carbocycles. The molecule has 0 atom stereocenters. The van der Waals surface area contributed by atoms with Crippen LogP contribution in [0.1, 0.15) is 5.69 Å². The first-order valence-electron chi connectivity index (χ1n) is 6.53. The lowest BCUT2D eigenvalue weighted by Gasteiger charge is -2.09. The molecular weight excluding hydrogens is 270 g/mol. The van der Waals surface area contributed by atoms with Crippen LogP contribution in [-0.4, -0.2) is 35.8 Å². The predicted octanol–water partition coefficient (Wildman–Crippen LogP) is 1.28. The van der Waals surface area contributed by atoms with Crippen molar-refractivity contribution >= 4 is 37.0 Å². The van der Waals surface area contributed by atoms with Crippen LogP contribution in [0.25, 0.3) is 0 Å². The van der Waals surface area contributed by atoms with E-state index < -0.39 is 7.14 Å². The fourth-order valence-electron chi connectivity index (χ4n) is 1.83. The molecule has 7 heteroatoms. The zero-order valence-electron chi connectivity index (χ0n) is 12.2. The fraction of sp³-hybridized carbons (Fsp3) is 0.308. The standard InChI is InChI=1S/C13H18BN4OP/c1-9-12(14-2)16-13(18-17-9)15-10-5-7-11(8-6-10)20(3,4)19/h5-8,14H,1-4H3,(H,15,16,18). The van der Waals surface area contributed by atoms with Crippen molar-refractivity contribution in [3.63, 3.8) is 0 Å². The quantitative estimate of drug-likeness (QED) is 0.678. The molecule has 20 heavy (non-hydrogen) atoms. The van der Waals surface area contributed by atoms with Gasteiger partial charge in [0.1, 0.15) is 7.14 Å². The minimum Gasteiger partial charge on any atom is -0.323 e. The van der Waals surface area contributed by atoms with Gasteiger partial charge in [-0.2, -0.15) is 5.10 Å². The second-order valence-electron chi connectivity index (χ2n) is 5.04. The van der Waals surface area contributed by atoms with Crippen molar-refractivity contribution < 1.29 is 4.57 Å². The highest BCUT2D eigenvalue weighted by molar-refractivity contribution is 7.70. The zero-order valence-corrected chi connectivity index (χ0v) is 13.1. The van der Waals surface area contributed by atoms with Crippen molar-refractivity contribution in [3.05, 3.63) is 30.0 Å². The van der Waals surface area contributed by atoms with Crippen LogP contribution in [0, 0.1) is 6.92 Å². The third-order valence-electron chi connectivity index (χ3n) is 3.03. The molecule has 0 amide bonds. The Morgan fingerprint density at radius 3 is 2.35 bits per heavy atom. The van der Waals surface area contributed by atoms with Gasteiger partial charge in [0, 0.05) is 16.6 Å². The molecule has 2 rings (SSSR count). The molecule has 0 saturated carbocycles. The van der Waals surface area contributed by atoms with Crippen LogP contribution >= 0.6 is 7.14 Å². The summed E-state index contributed by atoms with van der Waals surface area (Å²) in [5.74, 6) is 0.483. The first-order valence-corrected chi connectivity index (χ1v) is 9.13. The highest BCUT2D eigenvalue weighted by Gasteiger charge is 2.10. The van der Waals surface area contributed by atoms with Crippen LogP contribution < -0.4 is 16.2 Å². The number of hydrogen-bond donors (Lipinski definition) is 1. The summed E-state index contributed by atoms with van der Waals surface area (Å²) in [6.07, 6.45) is 0. The number of nitrogens with zero attached hydrogens (tertiary/aromatic N) is 3. The lowest BCUT2D eigenvalue weighted by atomic mass is 9.77. The molecule has 0 fully saturated rings. The monoisotopic (exact) mass is 288 g/mol. The number of benzene rings is 1. The third-order valence-corrected chi connectivity index (χ3v) is 4.58. The minimum absolute atomic E-state index is 0.483. The van der Waals surface area contributed by atoms with E-state index in [1.165, 1.54) is 0 Å². The SMILES string of the molecule is CBc1nc(Nc2ccc(P(C)(C)=O)cc2)nnc1C. The van der Waals surface area contributed by atoms with E-state index >= 15 is 0 Å². The predicted molar refractivity (Wildman–Crippen MR) is 86.0 cm³/mol. The molecule has 0 unspecified atom stereocenters. The Labute approximate surface area is 119 Å². The Kier molecular flexibility index (Phi) is 4.24. The van der Waals surface area contributed by atoms with Gasteiger partial charge in [-0.15, -0.1) is 5.10 Å². The Balaban J connectivity index is 2.20. The van der Waals surface area contributed by atoms with E-state index in [-0.39, 0.29) is 0 Å². The maximum Gasteiger partial charge on any atom is 0.246 e. The average molecular weight is 288 g/mol. The zero-order chi connectivity index (χ0) is 14.8. The molecule has 0 aliphatic carbocycles. The number of rotatable bonds is 4. The number of anilines is 2. The first kappa shape index (κ1) is 14.7. The molecule has 0 aliphatic heterocycles. The molecule has 0 spiro atoms. The third kappa shape index (κ3) is 3.45. The maximum atomic E-state index is 12.0. The van der Waals surface area contributed by atoms with Gasteiger partial charge in [0.2, 0.25) is 5.95 Å². The van der Waals surface area contributed by atoms with Gasteiger partial charge in [0.05, 0.1) is 5.69 Å². The summed E-state index contributed by atoms with van der Waals surface area (Å²) in [5, 5.41) is 12.1. The molecule has 2 aromatic rings. The first-order chi connectivity index (χ1) is 9.40. The summed E-state index contributed by atoms with van der Waals surface area (Å²) < 4.78 is 12.0. The van der Waals surface area contributed by atoms with Crippen molar-refractivity contribution in [2.75, 3.05) is 18.6 Å². The summed E-state index contributed by atoms with van der Waals surface area (Å²) in [6, 6.07) is 7.49. The largest absolute Gasteiger partial charge is 0.323 e. The van der Waals surface area contributed by atoms with E-state index in [0.717, 1.165) is 29.6 Å². The number of hydrogen-bond acceptors (Lipinski definition) is 5. The van der Waals surface area contributed by atoms with Gasteiger partial charge < -0.3 is 9.88 Å². The van der Waals surface area contributed by atoms with E-state index in [1.807, 2.05) is 38.0 Å². The van der Waals surface area contributed by atoms with E-state index in [2.05, 4.69) is 20.5 Å². The molecule has 0 aliphatic rings. The minimum atomic E-state index is -2.21. The van der Waals surface area contributed by atoms with Gasteiger partial charge in [0.15, 0.2) is 7.28 Å². The van der Waals surface area contributed by atoms with Gasteiger partial charge in [-0.25, -0.2) is 4.98 Å². The molecule has 0 bridgehead atoms. The van der Waals surface area contributed by atoms with Crippen LogP contribution in [-0.2, 0) is 4.57 Å². The van der Waals surface area contributed by atoms with Crippen molar-refractivity contribution in [1.29, 1.82) is 0 Å². The smallest absolute Gasteiger partial charge is 0.246 e. The van der Waals surface area contributed by atoms with E-state index in [1.54, 1.807) is 13.3 Å². The highest BCUT2D eigenvalue weighted by atomic mass is 31.2. The molecular formula is C13H18BN4OP. The Morgan fingerprint density at radius 2 is 1.80 bits per heavy atom. The molecule has 1 aromatic heterocycles. The Hall–Kier alpha value is -1.68. The lowest BCUT2D eigenvalue weighted by molar-refractivity contribution is 0.588.